The summed E-state index contributed by atoms with van der Waals surface area (Å²) in [7, 11) is 0. The van der Waals surface area contributed by atoms with E-state index in [2.05, 4.69) is 33.3 Å². The fourth-order valence-electron chi connectivity index (χ4n) is 3.45. The molecule has 114 valence electrons. The van der Waals surface area contributed by atoms with Crippen molar-refractivity contribution >= 4 is 5.65 Å². The summed E-state index contributed by atoms with van der Waals surface area (Å²) in [6.07, 6.45) is 6.90. The average Bonchev–Trinajstić information content (AvgIpc) is 2.91. The molecule has 0 aromatic carbocycles. The van der Waals surface area contributed by atoms with Gasteiger partial charge in [0.25, 0.3) is 0 Å². The van der Waals surface area contributed by atoms with Crippen molar-refractivity contribution in [3.05, 3.63) is 29.7 Å². The maximum Gasteiger partial charge on any atom is 0.165 e. The number of nitrogens with zero attached hydrogens (tertiary/aromatic N) is 4. The molecule has 0 radical (unpaired) electrons. The van der Waals surface area contributed by atoms with Gasteiger partial charge in [-0.15, -0.1) is 10.2 Å². The highest BCUT2D eigenvalue weighted by atomic mass is 15.3. The smallest absolute Gasteiger partial charge is 0.165 e. The summed E-state index contributed by atoms with van der Waals surface area (Å²) < 4.78 is 2.11. The standard InChI is InChI=1S/C16H25N5/c1-12(2)20-8-4-3-7-14(20)10-15-18-19-16-13(11-17)6-5-9-21(15)16/h5-6,9,12,14H,3-4,7-8,10-11,17H2,1-2H3. The number of piperidine rings is 1. The Morgan fingerprint density at radius 3 is 2.95 bits per heavy atom. The van der Waals surface area contributed by atoms with Crippen LogP contribution in [0.5, 0.6) is 0 Å². The van der Waals surface area contributed by atoms with Crippen molar-refractivity contribution in [1.82, 2.24) is 19.5 Å². The average molecular weight is 287 g/mol. The van der Waals surface area contributed by atoms with E-state index >= 15 is 0 Å². The highest BCUT2D eigenvalue weighted by Crippen LogP contribution is 2.22. The van der Waals surface area contributed by atoms with Gasteiger partial charge in [-0.25, -0.2) is 0 Å². The fraction of sp³-hybridized carbons (Fsp3) is 0.625. The first-order chi connectivity index (χ1) is 10.2. The third-order valence-corrected chi connectivity index (χ3v) is 4.56. The van der Waals surface area contributed by atoms with E-state index in [-0.39, 0.29) is 0 Å². The molecule has 2 aromatic heterocycles. The van der Waals surface area contributed by atoms with Crippen molar-refractivity contribution in [2.24, 2.45) is 5.73 Å². The number of rotatable bonds is 4. The highest BCUT2D eigenvalue weighted by Gasteiger charge is 2.26. The zero-order valence-electron chi connectivity index (χ0n) is 13.0. The molecule has 5 heteroatoms. The van der Waals surface area contributed by atoms with Crippen LogP contribution >= 0.6 is 0 Å². The maximum absolute atomic E-state index is 5.78. The van der Waals surface area contributed by atoms with Crippen molar-refractivity contribution in [2.75, 3.05) is 6.54 Å². The summed E-state index contributed by atoms with van der Waals surface area (Å²) >= 11 is 0. The normalized spacial score (nSPS) is 20.5. The third kappa shape index (κ3) is 2.80. The van der Waals surface area contributed by atoms with Crippen LogP contribution in [0.3, 0.4) is 0 Å². The van der Waals surface area contributed by atoms with E-state index < -0.39 is 0 Å². The van der Waals surface area contributed by atoms with Gasteiger partial charge in [-0.1, -0.05) is 12.5 Å². The first-order valence-corrected chi connectivity index (χ1v) is 7.98. The lowest BCUT2D eigenvalue weighted by atomic mass is 9.97. The molecule has 2 N–H and O–H groups in total. The largest absolute Gasteiger partial charge is 0.326 e. The lowest BCUT2D eigenvalue weighted by Gasteiger charge is -2.38. The Morgan fingerprint density at radius 2 is 2.19 bits per heavy atom. The Balaban J connectivity index is 1.87. The Morgan fingerprint density at radius 1 is 1.33 bits per heavy atom. The van der Waals surface area contributed by atoms with Crippen LogP contribution in [0.1, 0.15) is 44.5 Å². The summed E-state index contributed by atoms with van der Waals surface area (Å²) in [5, 5.41) is 8.76. The Kier molecular flexibility index (Phi) is 4.22. The van der Waals surface area contributed by atoms with Crippen molar-refractivity contribution in [2.45, 2.75) is 58.2 Å². The first-order valence-electron chi connectivity index (χ1n) is 7.98. The molecule has 21 heavy (non-hydrogen) atoms. The topological polar surface area (TPSA) is 59.5 Å². The van der Waals surface area contributed by atoms with Gasteiger partial charge in [-0.2, -0.15) is 0 Å². The number of hydrogen-bond donors (Lipinski definition) is 1. The number of fused-ring (bicyclic) bond motifs is 1. The van der Waals surface area contributed by atoms with Crippen LogP contribution in [0, 0.1) is 0 Å². The SMILES string of the molecule is CC(C)N1CCCCC1Cc1nnc2c(CN)cccn12. The van der Waals surface area contributed by atoms with Crippen molar-refractivity contribution < 1.29 is 0 Å². The molecule has 0 spiro atoms. The summed E-state index contributed by atoms with van der Waals surface area (Å²) in [6, 6.07) is 5.22. The minimum Gasteiger partial charge on any atom is -0.326 e. The molecular weight excluding hydrogens is 262 g/mol. The Bertz CT molecular complexity index is 604. The quantitative estimate of drug-likeness (QED) is 0.934. The molecule has 1 fully saturated rings. The van der Waals surface area contributed by atoms with Gasteiger partial charge < -0.3 is 5.73 Å². The Hall–Kier alpha value is -1.46. The molecule has 3 heterocycles. The molecule has 1 atom stereocenters. The molecule has 2 aromatic rings. The van der Waals surface area contributed by atoms with Crippen LogP contribution in [0.2, 0.25) is 0 Å². The monoisotopic (exact) mass is 287 g/mol. The molecule has 1 aliphatic rings. The molecular formula is C16H25N5. The van der Waals surface area contributed by atoms with E-state index in [1.54, 1.807) is 0 Å². The molecule has 0 aliphatic carbocycles. The summed E-state index contributed by atoms with van der Waals surface area (Å²) in [5.74, 6) is 1.05. The number of hydrogen-bond acceptors (Lipinski definition) is 4. The molecule has 0 saturated carbocycles. The lowest BCUT2D eigenvalue weighted by Crippen LogP contribution is -2.45. The highest BCUT2D eigenvalue weighted by molar-refractivity contribution is 5.47. The van der Waals surface area contributed by atoms with E-state index in [9.17, 15) is 0 Å². The van der Waals surface area contributed by atoms with Crippen LogP contribution in [-0.4, -0.2) is 38.1 Å². The fourth-order valence-corrected chi connectivity index (χ4v) is 3.45. The molecule has 0 amide bonds. The minimum absolute atomic E-state index is 0.504. The van der Waals surface area contributed by atoms with Crippen LogP contribution in [-0.2, 0) is 13.0 Å². The van der Waals surface area contributed by atoms with Gasteiger partial charge in [-0.3, -0.25) is 9.30 Å². The van der Waals surface area contributed by atoms with E-state index in [0.29, 0.717) is 18.6 Å². The lowest BCUT2D eigenvalue weighted by molar-refractivity contribution is 0.110. The second-order valence-electron chi connectivity index (χ2n) is 6.23. The summed E-state index contributed by atoms with van der Waals surface area (Å²) in [4.78, 5) is 2.61. The van der Waals surface area contributed by atoms with Gasteiger partial charge >= 0.3 is 0 Å². The second-order valence-corrected chi connectivity index (χ2v) is 6.23. The Labute approximate surface area is 126 Å². The van der Waals surface area contributed by atoms with Crippen LogP contribution in [0.15, 0.2) is 18.3 Å². The predicted octanol–water partition coefficient (Wildman–Crippen LogP) is 1.99. The van der Waals surface area contributed by atoms with Crippen LogP contribution in [0.4, 0.5) is 0 Å². The van der Waals surface area contributed by atoms with Gasteiger partial charge in [0, 0.05) is 36.8 Å². The van der Waals surface area contributed by atoms with E-state index in [4.69, 9.17) is 5.73 Å². The van der Waals surface area contributed by atoms with Crippen molar-refractivity contribution in [1.29, 1.82) is 0 Å². The second kappa shape index (κ2) is 6.12. The zero-order chi connectivity index (χ0) is 14.8. The molecule has 5 nitrogen and oxygen atoms in total. The summed E-state index contributed by atoms with van der Waals surface area (Å²) in [5.41, 5.74) is 7.74. The van der Waals surface area contributed by atoms with E-state index in [1.165, 1.54) is 25.8 Å². The number of aromatic nitrogens is 3. The third-order valence-electron chi connectivity index (χ3n) is 4.56. The summed E-state index contributed by atoms with van der Waals surface area (Å²) in [6.45, 7) is 6.27. The number of nitrogens with two attached hydrogens (primary N) is 1. The van der Waals surface area contributed by atoms with Gasteiger partial charge in [0.05, 0.1) is 0 Å². The van der Waals surface area contributed by atoms with Crippen molar-refractivity contribution in [3.63, 3.8) is 0 Å². The molecule has 1 unspecified atom stereocenters. The molecule has 0 bridgehead atoms. The van der Waals surface area contributed by atoms with Crippen LogP contribution < -0.4 is 5.73 Å². The van der Waals surface area contributed by atoms with E-state index in [1.807, 2.05) is 18.3 Å². The van der Waals surface area contributed by atoms with E-state index in [0.717, 1.165) is 23.5 Å². The maximum atomic E-state index is 5.78. The molecule has 1 aliphatic heterocycles. The number of pyridine rings is 1. The van der Waals surface area contributed by atoms with Gasteiger partial charge in [0.15, 0.2) is 5.65 Å². The zero-order valence-corrected chi connectivity index (χ0v) is 13.0. The van der Waals surface area contributed by atoms with Crippen LogP contribution in [0.25, 0.3) is 5.65 Å². The van der Waals surface area contributed by atoms with Gasteiger partial charge in [0.1, 0.15) is 5.82 Å². The van der Waals surface area contributed by atoms with Crippen molar-refractivity contribution in [3.8, 4) is 0 Å². The molecule has 1 saturated heterocycles. The predicted molar refractivity (Wildman–Crippen MR) is 84.1 cm³/mol. The number of likely N-dealkylation sites (tertiary alicyclic amines) is 1. The van der Waals surface area contributed by atoms with Gasteiger partial charge in [0.2, 0.25) is 0 Å². The molecule has 3 rings (SSSR count). The van der Waals surface area contributed by atoms with Gasteiger partial charge in [-0.05, 0) is 39.3 Å². The first kappa shape index (κ1) is 14.5. The minimum atomic E-state index is 0.504.